The van der Waals surface area contributed by atoms with Crippen LogP contribution in [0.25, 0.3) is 0 Å². The summed E-state index contributed by atoms with van der Waals surface area (Å²) in [4.78, 5) is 3.38. The van der Waals surface area contributed by atoms with Gasteiger partial charge in [0.25, 0.3) is 0 Å². The van der Waals surface area contributed by atoms with Gasteiger partial charge in [0.1, 0.15) is 0 Å². The average molecular weight is 237 g/mol. The van der Waals surface area contributed by atoms with Crippen molar-refractivity contribution < 1.29 is 23.0 Å². The van der Waals surface area contributed by atoms with Crippen LogP contribution in [0.15, 0.2) is 6.20 Å². The van der Waals surface area contributed by atoms with Gasteiger partial charge in [-0.2, -0.15) is 0 Å². The molecule has 0 fully saturated rings. The maximum Gasteiger partial charge on any atom is 0.574 e. The lowest BCUT2D eigenvalue weighted by Gasteiger charge is -2.14. The molecule has 0 aliphatic heterocycles. The summed E-state index contributed by atoms with van der Waals surface area (Å²) in [5.74, 6) is -0.687. The molecule has 1 aromatic heterocycles. The van der Waals surface area contributed by atoms with E-state index in [0.717, 1.165) is 6.20 Å². The maximum absolute atomic E-state index is 12.0. The molecular formula is C8H10F3N3O2. The third kappa shape index (κ3) is 2.74. The Kier molecular flexibility index (Phi) is 3.55. The lowest BCUT2D eigenvalue weighted by atomic mass is 10.1. The zero-order valence-corrected chi connectivity index (χ0v) is 8.08. The number of hydrogen-bond acceptors (Lipinski definition) is 5. The highest BCUT2D eigenvalue weighted by Gasteiger charge is 2.33. The van der Waals surface area contributed by atoms with E-state index in [2.05, 4.69) is 9.72 Å². The SMILES string of the molecule is NCc1c(OC(F)(F)F)ncc(N)c1CO. The van der Waals surface area contributed by atoms with Crippen LogP contribution in [-0.2, 0) is 13.2 Å². The predicted octanol–water partition coefficient (Wildman–Crippen LogP) is 0.513. The van der Waals surface area contributed by atoms with E-state index in [1.54, 1.807) is 0 Å². The fourth-order valence-corrected chi connectivity index (χ4v) is 1.18. The van der Waals surface area contributed by atoms with Crippen LogP contribution in [0.2, 0.25) is 0 Å². The molecule has 0 atom stereocenters. The minimum Gasteiger partial charge on any atom is -0.397 e. The molecule has 0 aliphatic rings. The molecule has 0 saturated carbocycles. The highest BCUT2D eigenvalue weighted by molar-refractivity contribution is 5.52. The Morgan fingerprint density at radius 3 is 2.44 bits per heavy atom. The van der Waals surface area contributed by atoms with Crippen molar-refractivity contribution in [1.29, 1.82) is 0 Å². The molecule has 1 aromatic rings. The highest BCUT2D eigenvalue weighted by Crippen LogP contribution is 2.28. The average Bonchev–Trinajstić information content (AvgIpc) is 2.18. The molecule has 0 amide bonds. The molecule has 1 heterocycles. The van der Waals surface area contributed by atoms with Crippen molar-refractivity contribution in [3.63, 3.8) is 0 Å². The molecule has 8 heteroatoms. The maximum atomic E-state index is 12.0. The van der Waals surface area contributed by atoms with E-state index in [4.69, 9.17) is 16.6 Å². The van der Waals surface area contributed by atoms with E-state index in [1.165, 1.54) is 0 Å². The van der Waals surface area contributed by atoms with Crippen LogP contribution in [-0.4, -0.2) is 16.5 Å². The first-order valence-electron chi connectivity index (χ1n) is 4.22. The number of nitrogens with two attached hydrogens (primary N) is 2. The number of aliphatic hydroxyl groups excluding tert-OH is 1. The number of alkyl halides is 3. The first-order valence-corrected chi connectivity index (χ1v) is 4.22. The van der Waals surface area contributed by atoms with Crippen molar-refractivity contribution in [2.45, 2.75) is 19.5 Å². The minimum atomic E-state index is -4.86. The lowest BCUT2D eigenvalue weighted by Crippen LogP contribution is -2.20. The second kappa shape index (κ2) is 4.54. The normalized spacial score (nSPS) is 11.6. The van der Waals surface area contributed by atoms with Crippen molar-refractivity contribution >= 4 is 5.69 Å². The molecular weight excluding hydrogens is 227 g/mol. The van der Waals surface area contributed by atoms with Gasteiger partial charge in [0.2, 0.25) is 5.88 Å². The molecule has 0 bridgehead atoms. The van der Waals surface area contributed by atoms with E-state index in [-0.39, 0.29) is 23.4 Å². The summed E-state index contributed by atoms with van der Waals surface area (Å²) >= 11 is 0. The summed E-state index contributed by atoms with van der Waals surface area (Å²) in [7, 11) is 0. The second-order valence-electron chi connectivity index (χ2n) is 2.89. The summed E-state index contributed by atoms with van der Waals surface area (Å²) in [5.41, 5.74) is 10.8. The van der Waals surface area contributed by atoms with Crippen LogP contribution in [0.1, 0.15) is 11.1 Å². The topological polar surface area (TPSA) is 94.4 Å². The van der Waals surface area contributed by atoms with Crippen molar-refractivity contribution in [2.24, 2.45) is 5.73 Å². The van der Waals surface area contributed by atoms with Gasteiger partial charge in [-0.15, -0.1) is 13.2 Å². The number of ether oxygens (including phenoxy) is 1. The molecule has 0 aromatic carbocycles. The number of rotatable bonds is 3. The molecule has 5 nitrogen and oxygen atoms in total. The first kappa shape index (κ1) is 12.5. The molecule has 0 saturated heterocycles. The Bertz CT molecular complexity index is 382. The Balaban J connectivity index is 3.19. The zero-order valence-electron chi connectivity index (χ0n) is 8.08. The van der Waals surface area contributed by atoms with Gasteiger partial charge in [0, 0.05) is 17.7 Å². The molecule has 0 aliphatic carbocycles. The van der Waals surface area contributed by atoms with Gasteiger partial charge in [-0.25, -0.2) is 4.98 Å². The first-order chi connectivity index (χ1) is 7.39. The van der Waals surface area contributed by atoms with E-state index < -0.39 is 18.8 Å². The van der Waals surface area contributed by atoms with Crippen LogP contribution in [0.3, 0.4) is 0 Å². The molecule has 90 valence electrons. The number of nitrogens with zero attached hydrogens (tertiary/aromatic N) is 1. The Labute approximate surface area is 88.8 Å². The number of halogens is 3. The standard InChI is InChI=1S/C8H10F3N3O2/c9-8(10,11)16-7-4(1-12)5(3-15)6(13)2-14-7/h2,15H,1,3,12-13H2. The number of nitrogen functional groups attached to an aromatic ring is 1. The van der Waals surface area contributed by atoms with Gasteiger partial charge >= 0.3 is 6.36 Å². The fraction of sp³-hybridized carbons (Fsp3) is 0.375. The predicted molar refractivity (Wildman–Crippen MR) is 49.1 cm³/mol. The monoisotopic (exact) mass is 237 g/mol. The van der Waals surface area contributed by atoms with Crippen LogP contribution >= 0.6 is 0 Å². The quantitative estimate of drug-likeness (QED) is 0.712. The van der Waals surface area contributed by atoms with Gasteiger partial charge in [-0.05, 0) is 0 Å². The molecule has 0 spiro atoms. The number of pyridine rings is 1. The van der Waals surface area contributed by atoms with Gasteiger partial charge in [0.15, 0.2) is 0 Å². The number of aromatic nitrogens is 1. The Morgan fingerprint density at radius 1 is 1.38 bits per heavy atom. The van der Waals surface area contributed by atoms with Crippen LogP contribution < -0.4 is 16.2 Å². The van der Waals surface area contributed by atoms with Crippen LogP contribution in [0.5, 0.6) is 5.88 Å². The smallest absolute Gasteiger partial charge is 0.397 e. The highest BCUT2D eigenvalue weighted by atomic mass is 19.4. The van der Waals surface area contributed by atoms with E-state index in [9.17, 15) is 13.2 Å². The van der Waals surface area contributed by atoms with E-state index in [1.807, 2.05) is 0 Å². The summed E-state index contributed by atoms with van der Waals surface area (Å²) < 4.78 is 39.7. The van der Waals surface area contributed by atoms with Gasteiger partial charge in [0.05, 0.1) is 18.5 Å². The van der Waals surface area contributed by atoms with Crippen LogP contribution in [0.4, 0.5) is 18.9 Å². The molecule has 0 unspecified atom stereocenters. The molecule has 16 heavy (non-hydrogen) atoms. The Morgan fingerprint density at radius 2 is 2.00 bits per heavy atom. The van der Waals surface area contributed by atoms with Crippen molar-refractivity contribution in [1.82, 2.24) is 4.98 Å². The zero-order chi connectivity index (χ0) is 12.3. The third-order valence-electron chi connectivity index (χ3n) is 1.87. The van der Waals surface area contributed by atoms with Gasteiger partial charge < -0.3 is 21.3 Å². The summed E-state index contributed by atoms with van der Waals surface area (Å²) in [6.07, 6.45) is -3.88. The van der Waals surface area contributed by atoms with Crippen LogP contribution in [0, 0.1) is 0 Å². The fourth-order valence-electron chi connectivity index (χ4n) is 1.18. The van der Waals surface area contributed by atoms with Gasteiger partial charge in [-0.3, -0.25) is 0 Å². The lowest BCUT2D eigenvalue weighted by molar-refractivity contribution is -0.276. The van der Waals surface area contributed by atoms with E-state index >= 15 is 0 Å². The Hall–Kier alpha value is -1.54. The summed E-state index contributed by atoms with van der Waals surface area (Å²) in [6, 6.07) is 0. The van der Waals surface area contributed by atoms with Crippen molar-refractivity contribution in [3.8, 4) is 5.88 Å². The molecule has 1 rings (SSSR count). The largest absolute Gasteiger partial charge is 0.574 e. The number of anilines is 1. The van der Waals surface area contributed by atoms with E-state index in [0.29, 0.717) is 0 Å². The summed E-state index contributed by atoms with van der Waals surface area (Å²) in [5, 5.41) is 8.95. The second-order valence-corrected chi connectivity index (χ2v) is 2.89. The summed E-state index contributed by atoms with van der Waals surface area (Å²) in [6.45, 7) is -0.797. The number of hydrogen-bond donors (Lipinski definition) is 3. The van der Waals surface area contributed by atoms with Gasteiger partial charge in [-0.1, -0.05) is 0 Å². The van der Waals surface area contributed by atoms with Crippen molar-refractivity contribution in [3.05, 3.63) is 17.3 Å². The number of aliphatic hydroxyl groups is 1. The molecule has 5 N–H and O–H groups in total. The molecule has 0 radical (unpaired) electrons. The van der Waals surface area contributed by atoms with Crippen molar-refractivity contribution in [2.75, 3.05) is 5.73 Å². The third-order valence-corrected chi connectivity index (χ3v) is 1.87. The minimum absolute atomic E-state index is 0.0557.